The van der Waals surface area contributed by atoms with Crippen LogP contribution < -0.4 is 15.4 Å². The highest BCUT2D eigenvalue weighted by Crippen LogP contribution is 2.35. The molecule has 1 heterocycles. The predicted octanol–water partition coefficient (Wildman–Crippen LogP) is 7.16. The Kier molecular flexibility index (Phi) is 6.93. The number of aromatic nitrogens is 1. The van der Waals surface area contributed by atoms with Crippen molar-refractivity contribution in [1.82, 2.24) is 10.3 Å². The first kappa shape index (κ1) is 23.1. The monoisotopic (exact) mass is 451 g/mol. The lowest BCUT2D eigenvalue weighted by Gasteiger charge is -2.22. The summed E-state index contributed by atoms with van der Waals surface area (Å²) in [5.41, 5.74) is 4.70. The summed E-state index contributed by atoms with van der Waals surface area (Å²) in [5.74, 6) is 1.06. The number of urea groups is 1. The Bertz CT molecular complexity index is 1260. The Morgan fingerprint density at radius 1 is 0.853 bits per heavy atom. The zero-order valence-corrected chi connectivity index (χ0v) is 19.7. The topological polar surface area (TPSA) is 63.2 Å². The van der Waals surface area contributed by atoms with Crippen molar-refractivity contribution in [2.45, 2.75) is 32.7 Å². The van der Waals surface area contributed by atoms with Crippen molar-refractivity contribution >= 4 is 11.7 Å². The summed E-state index contributed by atoms with van der Waals surface area (Å²) in [6, 6.07) is 29.3. The molecular weight excluding hydrogens is 422 g/mol. The van der Waals surface area contributed by atoms with Crippen LogP contribution in [0.1, 0.15) is 31.9 Å². The summed E-state index contributed by atoms with van der Waals surface area (Å²) >= 11 is 0. The normalized spacial score (nSPS) is 11.0. The van der Waals surface area contributed by atoms with E-state index in [-0.39, 0.29) is 11.4 Å². The second-order valence-corrected chi connectivity index (χ2v) is 9.04. The van der Waals surface area contributed by atoms with Gasteiger partial charge in [0, 0.05) is 18.3 Å². The maximum absolute atomic E-state index is 12.8. The number of rotatable bonds is 6. The number of hydrogen-bond donors (Lipinski definition) is 2. The van der Waals surface area contributed by atoms with Crippen molar-refractivity contribution in [1.29, 1.82) is 0 Å². The smallest absolute Gasteiger partial charge is 0.319 e. The van der Waals surface area contributed by atoms with E-state index in [0.717, 1.165) is 22.3 Å². The largest absolute Gasteiger partial charge is 0.437 e. The number of ether oxygens (including phenoxy) is 1. The Hall–Kier alpha value is -4.12. The molecule has 4 aromatic rings. The van der Waals surface area contributed by atoms with E-state index in [9.17, 15) is 4.79 Å². The number of hydrogen-bond acceptors (Lipinski definition) is 3. The molecule has 0 saturated heterocycles. The molecule has 0 bridgehead atoms. The lowest BCUT2D eigenvalue weighted by molar-refractivity contribution is 0.251. The maximum atomic E-state index is 12.8. The molecule has 2 amide bonds. The standard InChI is InChI=1S/C29H29N3O2/c1-29(2,3)24-16-9-10-18-26(24)34-27-25(17-11-19-30-27)32-28(33)31-20-22-14-7-8-15-23(22)21-12-5-4-6-13-21/h4-19H,20H2,1-3H3,(H2,31,32,33). The molecule has 3 aromatic carbocycles. The number of carbonyl (C=O) groups excluding carboxylic acids is 1. The molecule has 172 valence electrons. The number of pyridine rings is 1. The van der Waals surface area contributed by atoms with Crippen molar-refractivity contribution in [3.05, 3.63) is 108 Å². The van der Waals surface area contributed by atoms with Gasteiger partial charge in [0.25, 0.3) is 0 Å². The lowest BCUT2D eigenvalue weighted by atomic mass is 9.86. The third kappa shape index (κ3) is 5.62. The van der Waals surface area contributed by atoms with Crippen LogP contribution in [-0.2, 0) is 12.0 Å². The predicted molar refractivity (Wildman–Crippen MR) is 137 cm³/mol. The van der Waals surface area contributed by atoms with Crippen LogP contribution in [0.5, 0.6) is 11.6 Å². The van der Waals surface area contributed by atoms with E-state index in [2.05, 4.69) is 54.6 Å². The van der Waals surface area contributed by atoms with Crippen LogP contribution in [0.15, 0.2) is 97.2 Å². The fraction of sp³-hybridized carbons (Fsp3) is 0.172. The quantitative estimate of drug-likeness (QED) is 0.327. The van der Waals surface area contributed by atoms with Gasteiger partial charge < -0.3 is 15.4 Å². The molecular formula is C29H29N3O2. The van der Waals surface area contributed by atoms with Crippen LogP contribution in [-0.4, -0.2) is 11.0 Å². The summed E-state index contributed by atoms with van der Waals surface area (Å²) in [7, 11) is 0. The molecule has 0 aliphatic carbocycles. The van der Waals surface area contributed by atoms with Gasteiger partial charge in [0.2, 0.25) is 5.88 Å². The Morgan fingerprint density at radius 2 is 1.56 bits per heavy atom. The fourth-order valence-corrected chi connectivity index (χ4v) is 3.76. The van der Waals surface area contributed by atoms with Gasteiger partial charge >= 0.3 is 6.03 Å². The molecule has 0 radical (unpaired) electrons. The molecule has 0 unspecified atom stereocenters. The Balaban J connectivity index is 1.47. The third-order valence-electron chi connectivity index (χ3n) is 5.46. The average Bonchev–Trinajstić information content (AvgIpc) is 2.84. The van der Waals surface area contributed by atoms with E-state index in [0.29, 0.717) is 23.9 Å². The molecule has 0 saturated carbocycles. The summed E-state index contributed by atoms with van der Waals surface area (Å²) in [4.78, 5) is 17.1. The van der Waals surface area contributed by atoms with Gasteiger partial charge in [0.15, 0.2) is 0 Å². The van der Waals surface area contributed by atoms with E-state index in [4.69, 9.17) is 4.74 Å². The van der Waals surface area contributed by atoms with Crippen LogP contribution in [0, 0.1) is 0 Å². The van der Waals surface area contributed by atoms with Crippen LogP contribution in [0.3, 0.4) is 0 Å². The molecule has 1 aromatic heterocycles. The fourth-order valence-electron chi connectivity index (χ4n) is 3.76. The van der Waals surface area contributed by atoms with Crippen molar-refractivity contribution in [2.24, 2.45) is 0 Å². The van der Waals surface area contributed by atoms with Crippen LogP contribution >= 0.6 is 0 Å². The zero-order chi connectivity index (χ0) is 24.0. The molecule has 2 N–H and O–H groups in total. The van der Waals surface area contributed by atoms with Crippen molar-refractivity contribution in [3.63, 3.8) is 0 Å². The first-order valence-electron chi connectivity index (χ1n) is 11.3. The molecule has 0 aliphatic heterocycles. The SMILES string of the molecule is CC(C)(C)c1ccccc1Oc1ncccc1NC(=O)NCc1ccccc1-c1ccccc1. The Morgan fingerprint density at radius 3 is 2.35 bits per heavy atom. The van der Waals surface area contributed by atoms with Gasteiger partial charge in [0.05, 0.1) is 0 Å². The van der Waals surface area contributed by atoms with Gasteiger partial charge in [-0.1, -0.05) is 93.6 Å². The van der Waals surface area contributed by atoms with Crippen LogP contribution in [0.2, 0.25) is 0 Å². The Labute approximate surface area is 200 Å². The van der Waals surface area contributed by atoms with E-state index in [1.165, 1.54) is 0 Å². The van der Waals surface area contributed by atoms with Gasteiger partial charge in [-0.05, 0) is 40.3 Å². The van der Waals surface area contributed by atoms with E-state index < -0.39 is 0 Å². The summed E-state index contributed by atoms with van der Waals surface area (Å²) < 4.78 is 6.15. The van der Waals surface area contributed by atoms with Crippen LogP contribution in [0.25, 0.3) is 11.1 Å². The van der Waals surface area contributed by atoms with Gasteiger partial charge in [-0.25, -0.2) is 9.78 Å². The second-order valence-electron chi connectivity index (χ2n) is 9.04. The van der Waals surface area contributed by atoms with Gasteiger partial charge in [-0.15, -0.1) is 0 Å². The minimum atomic E-state index is -0.329. The van der Waals surface area contributed by atoms with Crippen molar-refractivity contribution in [3.8, 4) is 22.8 Å². The van der Waals surface area contributed by atoms with Crippen molar-refractivity contribution < 1.29 is 9.53 Å². The van der Waals surface area contributed by atoms with Gasteiger partial charge in [-0.2, -0.15) is 0 Å². The number of carbonyl (C=O) groups is 1. The number of anilines is 1. The number of amides is 2. The molecule has 5 nitrogen and oxygen atoms in total. The van der Waals surface area contributed by atoms with Gasteiger partial charge in [-0.3, -0.25) is 0 Å². The first-order valence-corrected chi connectivity index (χ1v) is 11.3. The highest BCUT2D eigenvalue weighted by molar-refractivity contribution is 5.90. The first-order chi connectivity index (χ1) is 16.4. The minimum absolute atomic E-state index is 0.0948. The van der Waals surface area contributed by atoms with E-state index >= 15 is 0 Å². The molecule has 34 heavy (non-hydrogen) atoms. The average molecular weight is 452 g/mol. The van der Waals surface area contributed by atoms with Crippen LogP contribution in [0.4, 0.5) is 10.5 Å². The van der Waals surface area contributed by atoms with E-state index in [1.807, 2.05) is 60.7 Å². The molecule has 0 aliphatic rings. The van der Waals surface area contributed by atoms with Gasteiger partial charge in [0.1, 0.15) is 11.4 Å². The number of nitrogens with one attached hydrogen (secondary N) is 2. The highest BCUT2D eigenvalue weighted by Gasteiger charge is 2.20. The minimum Gasteiger partial charge on any atom is -0.437 e. The summed E-state index contributed by atoms with van der Waals surface area (Å²) in [6.45, 7) is 6.79. The maximum Gasteiger partial charge on any atom is 0.319 e. The zero-order valence-electron chi connectivity index (χ0n) is 19.7. The second kappa shape index (κ2) is 10.2. The molecule has 4 rings (SSSR count). The highest BCUT2D eigenvalue weighted by atomic mass is 16.5. The van der Waals surface area contributed by atoms with E-state index in [1.54, 1.807) is 18.3 Å². The summed E-state index contributed by atoms with van der Waals surface area (Å²) in [6.07, 6.45) is 1.65. The van der Waals surface area contributed by atoms with Crippen molar-refractivity contribution in [2.75, 3.05) is 5.32 Å². The summed E-state index contributed by atoms with van der Waals surface area (Å²) in [5, 5.41) is 5.83. The lowest BCUT2D eigenvalue weighted by Crippen LogP contribution is -2.28. The number of nitrogens with zero attached hydrogens (tertiary/aromatic N) is 1. The molecule has 0 spiro atoms. The molecule has 0 atom stereocenters. The molecule has 5 heteroatoms. The molecule has 0 fully saturated rings. The third-order valence-corrected chi connectivity index (χ3v) is 5.46. The number of benzene rings is 3. The number of para-hydroxylation sites is 1.